The molecule has 0 saturated carbocycles. The Bertz CT molecular complexity index is 1210. The lowest BCUT2D eigenvalue weighted by molar-refractivity contribution is 0.0998. The third kappa shape index (κ3) is 4.36. The molecule has 0 radical (unpaired) electrons. The molecule has 0 N–H and O–H groups in total. The molecule has 0 fully saturated rings. The first-order chi connectivity index (χ1) is 14.2. The van der Waals surface area contributed by atoms with Crippen LogP contribution in [0.4, 0.5) is 0 Å². The Balaban J connectivity index is 1.70. The van der Waals surface area contributed by atoms with Gasteiger partial charge in [-0.25, -0.2) is 0 Å². The summed E-state index contributed by atoms with van der Waals surface area (Å²) in [5, 5.41) is 0. The molecule has 146 valence electrons. The molecule has 1 amide bonds. The average Bonchev–Trinajstić information content (AvgIpc) is 3.08. The van der Waals surface area contributed by atoms with Gasteiger partial charge in [0, 0.05) is 17.9 Å². The van der Waals surface area contributed by atoms with Crippen LogP contribution in [0.2, 0.25) is 0 Å². The average molecular weight is 419 g/mol. The minimum absolute atomic E-state index is 0.203. The summed E-state index contributed by atoms with van der Waals surface area (Å²) in [5.74, 6) is 0.776. The first kappa shape index (κ1) is 19.7. The molecule has 1 heterocycles. The van der Waals surface area contributed by atoms with Crippen molar-refractivity contribution in [2.45, 2.75) is 13.5 Å². The monoisotopic (exact) mass is 418 g/mol. The van der Waals surface area contributed by atoms with Crippen molar-refractivity contribution >= 4 is 39.2 Å². The fourth-order valence-corrected chi connectivity index (χ4v) is 4.77. The maximum atomic E-state index is 12.9. The van der Waals surface area contributed by atoms with Crippen LogP contribution in [0.3, 0.4) is 0 Å². The maximum Gasteiger partial charge on any atom is 0.279 e. The van der Waals surface area contributed by atoms with E-state index in [1.807, 2.05) is 42.5 Å². The highest BCUT2D eigenvalue weighted by Gasteiger charge is 2.10. The van der Waals surface area contributed by atoms with Crippen LogP contribution in [0.25, 0.3) is 21.3 Å². The molecule has 0 saturated heterocycles. The van der Waals surface area contributed by atoms with Crippen LogP contribution in [0, 0.1) is 6.92 Å². The van der Waals surface area contributed by atoms with Gasteiger partial charge in [-0.3, -0.25) is 4.79 Å². The second kappa shape index (κ2) is 8.80. The lowest BCUT2D eigenvalue weighted by atomic mass is 10.0. The summed E-state index contributed by atoms with van der Waals surface area (Å²) >= 11 is 3.37. The summed E-state index contributed by atoms with van der Waals surface area (Å²) in [7, 11) is 0. The van der Waals surface area contributed by atoms with E-state index >= 15 is 0 Å². The molecule has 4 aromatic rings. The van der Waals surface area contributed by atoms with Crippen LogP contribution < -0.4 is 4.80 Å². The number of benzene rings is 3. The van der Waals surface area contributed by atoms with Gasteiger partial charge < -0.3 is 4.57 Å². The third-order valence-corrected chi connectivity index (χ3v) is 6.43. The van der Waals surface area contributed by atoms with E-state index in [-0.39, 0.29) is 5.91 Å². The fraction of sp³-hybridized carbons (Fsp3) is 0.167. The summed E-state index contributed by atoms with van der Waals surface area (Å²) in [6, 6.07) is 24.2. The largest absolute Gasteiger partial charge is 0.316 e. The lowest BCUT2D eigenvalue weighted by Gasteiger charge is -2.04. The molecule has 0 atom stereocenters. The molecule has 0 spiro atoms. The van der Waals surface area contributed by atoms with E-state index in [1.54, 1.807) is 23.1 Å². The summed E-state index contributed by atoms with van der Waals surface area (Å²) in [6.07, 6.45) is 2.09. The van der Waals surface area contributed by atoms with Crippen LogP contribution in [-0.4, -0.2) is 22.5 Å². The molecule has 4 rings (SSSR count). The number of thiazole rings is 1. The molecule has 3 nitrogen and oxygen atoms in total. The van der Waals surface area contributed by atoms with Crippen LogP contribution >= 0.6 is 23.1 Å². The van der Waals surface area contributed by atoms with Gasteiger partial charge in [-0.1, -0.05) is 59.9 Å². The number of nitrogens with zero attached hydrogens (tertiary/aromatic N) is 2. The van der Waals surface area contributed by atoms with Crippen molar-refractivity contribution in [3.05, 3.63) is 88.7 Å². The highest BCUT2D eigenvalue weighted by atomic mass is 32.2. The van der Waals surface area contributed by atoms with Gasteiger partial charge in [0.15, 0.2) is 4.80 Å². The lowest BCUT2D eigenvalue weighted by Crippen LogP contribution is -2.18. The Morgan fingerprint density at radius 3 is 2.45 bits per heavy atom. The van der Waals surface area contributed by atoms with Crippen LogP contribution in [0.15, 0.2) is 77.8 Å². The molecule has 0 aliphatic carbocycles. The second-order valence-electron chi connectivity index (χ2n) is 6.86. The highest BCUT2D eigenvalue weighted by molar-refractivity contribution is 7.98. The predicted octanol–water partition coefficient (Wildman–Crippen LogP) is 5.78. The second-order valence-corrected chi connectivity index (χ2v) is 8.86. The smallest absolute Gasteiger partial charge is 0.279 e. The molecule has 0 bridgehead atoms. The SMILES string of the molecule is CSCCn1c(=NC(=O)c2ccc(-c3ccccc3)cc2)sc2cc(C)ccc21. The standard InChI is InChI=1S/C24H22N2OS2/c1-17-8-13-21-22(16-17)29-24(26(21)14-15-28-2)25-23(27)20-11-9-19(10-12-20)18-6-4-3-5-7-18/h3-13,16H,14-15H2,1-2H3. The number of aromatic nitrogens is 1. The van der Waals surface area contributed by atoms with Gasteiger partial charge in [-0.2, -0.15) is 16.8 Å². The molecule has 3 aromatic carbocycles. The number of amides is 1. The van der Waals surface area contributed by atoms with Crippen molar-refractivity contribution in [2.75, 3.05) is 12.0 Å². The Morgan fingerprint density at radius 1 is 1.00 bits per heavy atom. The predicted molar refractivity (Wildman–Crippen MR) is 125 cm³/mol. The Hall–Kier alpha value is -2.63. The van der Waals surface area contributed by atoms with E-state index in [9.17, 15) is 4.79 Å². The van der Waals surface area contributed by atoms with Gasteiger partial charge in [-0.05, 0) is 54.1 Å². The van der Waals surface area contributed by atoms with E-state index in [2.05, 4.69) is 53.1 Å². The van der Waals surface area contributed by atoms with Gasteiger partial charge in [0.2, 0.25) is 0 Å². The number of hydrogen-bond acceptors (Lipinski definition) is 3. The van der Waals surface area contributed by atoms with Crippen molar-refractivity contribution in [3.63, 3.8) is 0 Å². The summed E-state index contributed by atoms with van der Waals surface area (Å²) in [4.78, 5) is 18.1. The number of fused-ring (bicyclic) bond motifs is 1. The molecular weight excluding hydrogens is 396 g/mol. The van der Waals surface area contributed by atoms with Crippen molar-refractivity contribution in [3.8, 4) is 11.1 Å². The molecule has 0 aliphatic heterocycles. The zero-order valence-electron chi connectivity index (χ0n) is 16.5. The zero-order chi connectivity index (χ0) is 20.2. The van der Waals surface area contributed by atoms with Gasteiger partial charge in [0.1, 0.15) is 0 Å². The molecule has 1 aromatic heterocycles. The number of carbonyl (C=O) groups excluding carboxylic acids is 1. The topological polar surface area (TPSA) is 34.4 Å². The van der Waals surface area contributed by atoms with Crippen molar-refractivity contribution in [1.29, 1.82) is 0 Å². The zero-order valence-corrected chi connectivity index (χ0v) is 18.1. The molecule has 29 heavy (non-hydrogen) atoms. The van der Waals surface area contributed by atoms with Crippen LogP contribution in [-0.2, 0) is 6.54 Å². The minimum atomic E-state index is -0.203. The Kier molecular flexibility index (Phi) is 5.97. The summed E-state index contributed by atoms with van der Waals surface area (Å²) in [5.41, 5.74) is 5.19. The van der Waals surface area contributed by atoms with Crippen LogP contribution in [0.1, 0.15) is 15.9 Å². The Labute approximate surface area is 178 Å². The minimum Gasteiger partial charge on any atom is -0.316 e. The number of carbonyl (C=O) groups is 1. The Morgan fingerprint density at radius 2 is 1.72 bits per heavy atom. The number of hydrogen-bond donors (Lipinski definition) is 0. The number of aryl methyl sites for hydroxylation is 2. The van der Waals surface area contributed by atoms with Gasteiger partial charge in [0.05, 0.1) is 10.2 Å². The normalized spacial score (nSPS) is 11.9. The first-order valence-corrected chi connectivity index (χ1v) is 11.7. The summed E-state index contributed by atoms with van der Waals surface area (Å²) < 4.78 is 3.32. The third-order valence-electron chi connectivity index (χ3n) is 4.79. The fourth-order valence-electron chi connectivity index (χ4n) is 3.25. The van der Waals surface area contributed by atoms with Crippen molar-refractivity contribution in [2.24, 2.45) is 4.99 Å². The summed E-state index contributed by atoms with van der Waals surface area (Å²) in [6.45, 7) is 2.92. The van der Waals surface area contributed by atoms with Gasteiger partial charge >= 0.3 is 0 Å². The molecule has 5 heteroatoms. The van der Waals surface area contributed by atoms with E-state index in [4.69, 9.17) is 0 Å². The van der Waals surface area contributed by atoms with E-state index in [1.165, 1.54) is 5.56 Å². The van der Waals surface area contributed by atoms with E-state index < -0.39 is 0 Å². The quantitative estimate of drug-likeness (QED) is 0.412. The molecule has 0 aliphatic rings. The van der Waals surface area contributed by atoms with Gasteiger partial charge in [-0.15, -0.1) is 0 Å². The van der Waals surface area contributed by atoms with Crippen molar-refractivity contribution in [1.82, 2.24) is 4.57 Å². The van der Waals surface area contributed by atoms with Gasteiger partial charge in [0.25, 0.3) is 5.91 Å². The number of thioether (sulfide) groups is 1. The van der Waals surface area contributed by atoms with Crippen LogP contribution in [0.5, 0.6) is 0 Å². The highest BCUT2D eigenvalue weighted by Crippen LogP contribution is 2.21. The number of rotatable bonds is 5. The van der Waals surface area contributed by atoms with Crippen molar-refractivity contribution < 1.29 is 4.79 Å². The maximum absolute atomic E-state index is 12.9. The molecular formula is C24H22N2OS2. The first-order valence-electron chi connectivity index (χ1n) is 9.49. The van der Waals surface area contributed by atoms with E-state index in [0.29, 0.717) is 5.56 Å². The molecule has 0 unspecified atom stereocenters. The van der Waals surface area contributed by atoms with E-state index in [0.717, 1.165) is 38.4 Å².